The van der Waals surface area contributed by atoms with E-state index in [9.17, 15) is 14.9 Å². The van der Waals surface area contributed by atoms with E-state index in [0.717, 1.165) is 29.3 Å². The number of pyridine rings is 1. The van der Waals surface area contributed by atoms with E-state index in [-0.39, 0.29) is 17.1 Å². The molecule has 110 valence electrons. The smallest absolute Gasteiger partial charge is 0.339 e. The highest BCUT2D eigenvalue weighted by atomic mass is 32.1. The zero-order chi connectivity index (χ0) is 15.6. The van der Waals surface area contributed by atoms with Crippen LogP contribution >= 0.6 is 11.3 Å². The van der Waals surface area contributed by atoms with Crippen LogP contribution in [-0.4, -0.2) is 26.0 Å². The maximum Gasteiger partial charge on any atom is 0.339 e. The van der Waals surface area contributed by atoms with Gasteiger partial charge in [0.2, 0.25) is 0 Å². The molecule has 0 aliphatic carbocycles. The van der Waals surface area contributed by atoms with Crippen molar-refractivity contribution in [1.82, 2.24) is 9.97 Å². The van der Waals surface area contributed by atoms with Gasteiger partial charge in [-0.1, -0.05) is 6.92 Å². The normalized spacial score (nSPS) is 10.4. The van der Waals surface area contributed by atoms with Crippen LogP contribution in [0.15, 0.2) is 12.3 Å². The number of thiazole rings is 1. The number of nitrogens with zero attached hydrogens (tertiary/aromatic N) is 3. The lowest BCUT2D eigenvalue weighted by Gasteiger charge is -2.05. The molecule has 2 heterocycles. The molecule has 9 heteroatoms. The van der Waals surface area contributed by atoms with Gasteiger partial charge in [-0.3, -0.25) is 10.1 Å². The first kappa shape index (κ1) is 14.9. The van der Waals surface area contributed by atoms with Crippen LogP contribution in [0, 0.1) is 17.0 Å². The SMILES string of the molecule is CCc1nc(Nc2ncc([N+](=O)[O-])cc2C(=O)O)sc1C. The lowest BCUT2D eigenvalue weighted by atomic mass is 10.2. The molecule has 0 unspecified atom stereocenters. The summed E-state index contributed by atoms with van der Waals surface area (Å²) in [7, 11) is 0. The van der Waals surface area contributed by atoms with Gasteiger partial charge in [-0.2, -0.15) is 0 Å². The van der Waals surface area contributed by atoms with Gasteiger partial charge in [0, 0.05) is 10.9 Å². The minimum Gasteiger partial charge on any atom is -0.478 e. The molecule has 0 atom stereocenters. The van der Waals surface area contributed by atoms with Gasteiger partial charge in [0.1, 0.15) is 17.6 Å². The fraction of sp³-hybridized carbons (Fsp3) is 0.250. The van der Waals surface area contributed by atoms with Gasteiger partial charge in [-0.05, 0) is 13.3 Å². The number of nitro groups is 1. The van der Waals surface area contributed by atoms with E-state index in [1.165, 1.54) is 11.3 Å². The quantitative estimate of drug-likeness (QED) is 0.644. The minimum atomic E-state index is -1.29. The summed E-state index contributed by atoms with van der Waals surface area (Å²) in [5.74, 6) is -1.26. The predicted molar refractivity (Wildman–Crippen MR) is 77.4 cm³/mol. The van der Waals surface area contributed by atoms with Gasteiger partial charge in [0.25, 0.3) is 5.69 Å². The first-order valence-electron chi connectivity index (χ1n) is 6.03. The molecule has 0 bridgehead atoms. The standard InChI is InChI=1S/C12H12N4O4S/c1-3-9-6(2)21-12(14-9)15-10-8(11(17)18)4-7(5-13-10)16(19)20/h4-5H,3H2,1-2H3,(H,17,18)(H,13,14,15). The van der Waals surface area contributed by atoms with Gasteiger partial charge in [0.15, 0.2) is 5.13 Å². The van der Waals surface area contributed by atoms with Gasteiger partial charge in [-0.15, -0.1) is 11.3 Å². The molecular weight excluding hydrogens is 296 g/mol. The molecule has 0 amide bonds. The molecular formula is C12H12N4O4S. The Morgan fingerprint density at radius 1 is 1.57 bits per heavy atom. The van der Waals surface area contributed by atoms with Crippen molar-refractivity contribution in [3.63, 3.8) is 0 Å². The van der Waals surface area contributed by atoms with E-state index >= 15 is 0 Å². The number of aryl methyl sites for hydroxylation is 2. The number of carboxylic acids is 1. The highest BCUT2D eigenvalue weighted by molar-refractivity contribution is 7.15. The lowest BCUT2D eigenvalue weighted by Crippen LogP contribution is -2.06. The zero-order valence-electron chi connectivity index (χ0n) is 11.3. The molecule has 21 heavy (non-hydrogen) atoms. The summed E-state index contributed by atoms with van der Waals surface area (Å²) in [4.78, 5) is 30.3. The zero-order valence-corrected chi connectivity index (χ0v) is 12.1. The van der Waals surface area contributed by atoms with Crippen LogP contribution < -0.4 is 5.32 Å². The highest BCUT2D eigenvalue weighted by Gasteiger charge is 2.18. The fourth-order valence-electron chi connectivity index (χ4n) is 1.73. The third kappa shape index (κ3) is 3.14. The Kier molecular flexibility index (Phi) is 4.13. The van der Waals surface area contributed by atoms with Crippen molar-refractivity contribution in [1.29, 1.82) is 0 Å². The summed E-state index contributed by atoms with van der Waals surface area (Å²) in [6, 6.07) is 0.971. The van der Waals surface area contributed by atoms with Crippen LogP contribution in [0.4, 0.5) is 16.6 Å². The Bertz CT molecular complexity index is 713. The van der Waals surface area contributed by atoms with E-state index < -0.39 is 10.9 Å². The van der Waals surface area contributed by atoms with E-state index in [1.807, 2.05) is 13.8 Å². The molecule has 0 radical (unpaired) electrons. The summed E-state index contributed by atoms with van der Waals surface area (Å²) in [6.45, 7) is 3.89. The van der Waals surface area contributed by atoms with Crippen molar-refractivity contribution in [3.05, 3.63) is 38.5 Å². The number of aromatic carboxylic acids is 1. The summed E-state index contributed by atoms with van der Waals surface area (Å²) in [6.07, 6.45) is 1.78. The maximum absolute atomic E-state index is 11.2. The molecule has 0 aromatic carbocycles. The summed E-state index contributed by atoms with van der Waals surface area (Å²) < 4.78 is 0. The van der Waals surface area contributed by atoms with Crippen molar-refractivity contribution >= 4 is 33.9 Å². The molecule has 0 fully saturated rings. The van der Waals surface area contributed by atoms with Gasteiger partial charge >= 0.3 is 5.97 Å². The molecule has 0 saturated heterocycles. The fourth-order valence-corrected chi connectivity index (χ4v) is 2.63. The third-order valence-electron chi connectivity index (χ3n) is 2.77. The molecule has 0 aliphatic rings. The summed E-state index contributed by atoms with van der Waals surface area (Å²) in [5.41, 5.74) is 0.277. The van der Waals surface area contributed by atoms with E-state index in [4.69, 9.17) is 5.11 Å². The van der Waals surface area contributed by atoms with Crippen LogP contribution in [0.1, 0.15) is 27.9 Å². The predicted octanol–water partition coefficient (Wildman–Crippen LogP) is 2.76. The maximum atomic E-state index is 11.2. The molecule has 2 N–H and O–H groups in total. The average molecular weight is 308 g/mol. The first-order valence-corrected chi connectivity index (χ1v) is 6.85. The molecule has 0 spiro atoms. The third-order valence-corrected chi connectivity index (χ3v) is 3.70. The first-order chi connectivity index (χ1) is 9.92. The number of carboxylic acid groups (broad SMARTS) is 1. The average Bonchev–Trinajstić information content (AvgIpc) is 2.78. The second kappa shape index (κ2) is 5.83. The number of nitrogens with one attached hydrogen (secondary N) is 1. The lowest BCUT2D eigenvalue weighted by molar-refractivity contribution is -0.385. The van der Waals surface area contributed by atoms with Crippen molar-refractivity contribution in [3.8, 4) is 0 Å². The van der Waals surface area contributed by atoms with Crippen molar-refractivity contribution in [2.24, 2.45) is 0 Å². The number of carbonyl (C=O) groups is 1. The largest absolute Gasteiger partial charge is 0.478 e. The molecule has 0 saturated carbocycles. The number of hydrogen-bond acceptors (Lipinski definition) is 7. The Morgan fingerprint density at radius 2 is 2.29 bits per heavy atom. The van der Waals surface area contributed by atoms with Crippen LogP contribution in [0.5, 0.6) is 0 Å². The minimum absolute atomic E-state index is 0.0319. The topological polar surface area (TPSA) is 118 Å². The Hall–Kier alpha value is -2.55. The number of aromatic nitrogens is 2. The number of rotatable bonds is 5. The monoisotopic (exact) mass is 308 g/mol. The van der Waals surface area contributed by atoms with Crippen LogP contribution in [0.25, 0.3) is 0 Å². The second-order valence-corrected chi connectivity index (χ2v) is 5.36. The van der Waals surface area contributed by atoms with Gasteiger partial charge in [0.05, 0.1) is 10.6 Å². The molecule has 2 rings (SSSR count). The number of anilines is 2. The summed E-state index contributed by atoms with van der Waals surface area (Å²) >= 11 is 1.38. The molecule has 2 aromatic heterocycles. The number of hydrogen-bond donors (Lipinski definition) is 2. The van der Waals surface area contributed by atoms with E-state index in [0.29, 0.717) is 5.13 Å². The van der Waals surface area contributed by atoms with Gasteiger partial charge in [-0.25, -0.2) is 14.8 Å². The Labute approximate surface area is 123 Å². The highest BCUT2D eigenvalue weighted by Crippen LogP contribution is 2.27. The van der Waals surface area contributed by atoms with Crippen LogP contribution in [0.3, 0.4) is 0 Å². The molecule has 2 aromatic rings. The summed E-state index contributed by atoms with van der Waals surface area (Å²) in [5, 5.41) is 23.1. The van der Waals surface area contributed by atoms with Gasteiger partial charge < -0.3 is 10.4 Å². The van der Waals surface area contributed by atoms with Crippen molar-refractivity contribution in [2.45, 2.75) is 20.3 Å². The van der Waals surface area contributed by atoms with Crippen LogP contribution in [0.2, 0.25) is 0 Å². The second-order valence-electron chi connectivity index (χ2n) is 4.15. The van der Waals surface area contributed by atoms with Crippen LogP contribution in [-0.2, 0) is 6.42 Å². The Balaban J connectivity index is 2.38. The molecule has 8 nitrogen and oxygen atoms in total. The van der Waals surface area contributed by atoms with Crippen molar-refractivity contribution in [2.75, 3.05) is 5.32 Å². The van der Waals surface area contributed by atoms with Crippen molar-refractivity contribution < 1.29 is 14.8 Å². The van der Waals surface area contributed by atoms with E-state index in [1.54, 1.807) is 0 Å². The molecule has 0 aliphatic heterocycles. The Morgan fingerprint density at radius 3 is 2.81 bits per heavy atom. The van der Waals surface area contributed by atoms with E-state index in [2.05, 4.69) is 15.3 Å².